The van der Waals surface area contributed by atoms with E-state index in [-0.39, 0.29) is 0 Å². The van der Waals surface area contributed by atoms with Crippen LogP contribution in [0.4, 0.5) is 0 Å². The molecule has 2 rings (SSSR count). The van der Waals surface area contributed by atoms with Crippen molar-refractivity contribution in [2.75, 3.05) is 0 Å². The zero-order valence-corrected chi connectivity index (χ0v) is 10.4. The predicted octanol–water partition coefficient (Wildman–Crippen LogP) is 3.26. The van der Waals surface area contributed by atoms with Crippen molar-refractivity contribution >= 4 is 4.88 Å². The second kappa shape index (κ2) is 5.37. The van der Waals surface area contributed by atoms with Crippen molar-refractivity contribution in [2.24, 2.45) is 0 Å². The van der Waals surface area contributed by atoms with E-state index in [1.807, 2.05) is 0 Å². The summed E-state index contributed by atoms with van der Waals surface area (Å²) in [6.45, 7) is 0. The monoisotopic (exact) mass is 289 g/mol. The first-order valence-corrected chi connectivity index (χ1v) is 7.97. The molecule has 2 aliphatic rings. The predicted molar refractivity (Wildman–Crippen MR) is 59.7 cm³/mol. The molecule has 0 saturated heterocycles. The molecule has 0 fully saturated rings. The summed E-state index contributed by atoms with van der Waals surface area (Å²) in [6, 6.07) is 0. The standard InChI is InChI=1S/2C6H7.CHO.Ru/c2*1-2-4-6-5-3-1;1-2;/h2*1-3H,4,6H2;1H;. The average Bonchev–Trinajstić information content (AvgIpc) is 2.33. The van der Waals surface area contributed by atoms with E-state index in [0.717, 1.165) is 25.7 Å². The number of carbonyl (C=O) groups excluding carboxylic acids is 1. The Morgan fingerprint density at radius 1 is 1.00 bits per heavy atom. The molecule has 2 aliphatic carbocycles. The van der Waals surface area contributed by atoms with Crippen molar-refractivity contribution in [1.82, 2.24) is 0 Å². The van der Waals surface area contributed by atoms with Crippen LogP contribution < -0.4 is 0 Å². The second-order valence-electron chi connectivity index (χ2n) is 3.51. The van der Waals surface area contributed by atoms with Gasteiger partial charge in [0.05, 0.1) is 0 Å². The van der Waals surface area contributed by atoms with Crippen LogP contribution in [0.25, 0.3) is 0 Å². The molecular formula is C13H15ORu. The van der Waals surface area contributed by atoms with Crippen molar-refractivity contribution < 1.29 is 20.7 Å². The summed E-state index contributed by atoms with van der Waals surface area (Å²) in [5.41, 5.74) is 0. The number of carbonyl (C=O) groups is 1. The van der Waals surface area contributed by atoms with Crippen LogP contribution in [0.3, 0.4) is 0 Å². The summed E-state index contributed by atoms with van der Waals surface area (Å²) in [7, 11) is 0. The van der Waals surface area contributed by atoms with Gasteiger partial charge in [-0.3, -0.25) is 0 Å². The van der Waals surface area contributed by atoms with Crippen molar-refractivity contribution in [1.29, 1.82) is 0 Å². The van der Waals surface area contributed by atoms with E-state index in [4.69, 9.17) is 0 Å². The fraction of sp³-hybridized carbons (Fsp3) is 0.308. The number of hydrogen-bond donors (Lipinski definition) is 0. The van der Waals surface area contributed by atoms with Crippen molar-refractivity contribution in [3.63, 3.8) is 0 Å². The third-order valence-electron chi connectivity index (χ3n) is 2.48. The summed E-state index contributed by atoms with van der Waals surface area (Å²) in [5.74, 6) is 0. The normalized spacial score (nSPS) is 20.7. The Morgan fingerprint density at radius 2 is 1.53 bits per heavy atom. The zero-order chi connectivity index (χ0) is 10.5. The maximum atomic E-state index is 11.2. The minimum absolute atomic E-state index is 1.09. The Kier molecular flexibility index (Phi) is 3.85. The minimum atomic E-state index is -1.48. The molecule has 0 unspecified atom stereocenters. The first-order valence-electron chi connectivity index (χ1n) is 5.23. The number of rotatable bonds is 3. The van der Waals surface area contributed by atoms with Gasteiger partial charge in [-0.15, -0.1) is 0 Å². The topological polar surface area (TPSA) is 17.1 Å². The van der Waals surface area contributed by atoms with E-state index in [2.05, 4.69) is 36.5 Å². The Bertz CT molecular complexity index is 329. The maximum absolute atomic E-state index is 11.2. The molecule has 0 spiro atoms. The Labute approximate surface area is 96.2 Å². The van der Waals surface area contributed by atoms with Crippen LogP contribution >= 0.6 is 0 Å². The molecule has 15 heavy (non-hydrogen) atoms. The van der Waals surface area contributed by atoms with Gasteiger partial charge in [-0.05, 0) is 0 Å². The summed E-state index contributed by atoms with van der Waals surface area (Å²) in [5, 5.41) is 0. The molecule has 0 aliphatic heterocycles. The average molecular weight is 288 g/mol. The molecule has 0 saturated carbocycles. The van der Waals surface area contributed by atoms with Crippen LogP contribution in [-0.4, -0.2) is 4.88 Å². The molecule has 2 heteroatoms. The zero-order valence-electron chi connectivity index (χ0n) is 8.63. The van der Waals surface area contributed by atoms with Crippen molar-refractivity contribution in [3.8, 4) is 0 Å². The van der Waals surface area contributed by atoms with Gasteiger partial charge in [-0.1, -0.05) is 0 Å². The van der Waals surface area contributed by atoms with Gasteiger partial charge in [0.25, 0.3) is 0 Å². The van der Waals surface area contributed by atoms with Gasteiger partial charge >= 0.3 is 96.1 Å². The summed E-state index contributed by atoms with van der Waals surface area (Å²) in [4.78, 5) is 12.5. The van der Waals surface area contributed by atoms with Gasteiger partial charge < -0.3 is 0 Å². The van der Waals surface area contributed by atoms with Crippen molar-refractivity contribution in [3.05, 3.63) is 44.8 Å². The SMILES string of the molecule is O=[CH][Ru]([C]1=CC=CCC1)[C]1=CC=CCC1. The van der Waals surface area contributed by atoms with Gasteiger partial charge in [0.1, 0.15) is 0 Å². The molecule has 0 radical (unpaired) electrons. The Hall–Kier alpha value is -0.747. The van der Waals surface area contributed by atoms with Crippen LogP contribution in [0.15, 0.2) is 44.8 Å². The summed E-state index contributed by atoms with van der Waals surface area (Å²) >= 11 is -1.48. The van der Waals surface area contributed by atoms with E-state index >= 15 is 0 Å². The van der Waals surface area contributed by atoms with E-state index in [1.54, 1.807) is 0 Å². The van der Waals surface area contributed by atoms with Gasteiger partial charge in [-0.25, -0.2) is 0 Å². The molecule has 1 nitrogen and oxygen atoms in total. The van der Waals surface area contributed by atoms with Crippen LogP contribution in [-0.2, 0) is 20.7 Å². The molecular weight excluding hydrogens is 273 g/mol. The fourth-order valence-corrected chi connectivity index (χ4v) is 5.34. The molecule has 81 valence electrons. The second-order valence-corrected chi connectivity index (χ2v) is 7.59. The quantitative estimate of drug-likeness (QED) is 0.575. The van der Waals surface area contributed by atoms with Crippen molar-refractivity contribution in [2.45, 2.75) is 25.7 Å². The molecule has 0 amide bonds. The van der Waals surface area contributed by atoms with E-state index in [0.29, 0.717) is 0 Å². The van der Waals surface area contributed by atoms with Crippen LogP contribution in [0, 0.1) is 0 Å². The molecule has 0 bridgehead atoms. The molecule has 0 aromatic rings. The third kappa shape index (κ3) is 2.63. The van der Waals surface area contributed by atoms with E-state index in [1.165, 1.54) is 13.2 Å². The number of allylic oxidation sites excluding steroid dienone is 8. The van der Waals surface area contributed by atoms with Crippen LogP contribution in [0.5, 0.6) is 0 Å². The van der Waals surface area contributed by atoms with Gasteiger partial charge in [0.15, 0.2) is 0 Å². The summed E-state index contributed by atoms with van der Waals surface area (Å²) in [6.07, 6.45) is 17.3. The fourth-order valence-electron chi connectivity index (χ4n) is 1.71. The summed E-state index contributed by atoms with van der Waals surface area (Å²) < 4.78 is 2.83. The van der Waals surface area contributed by atoms with Gasteiger partial charge in [0, 0.05) is 0 Å². The molecule has 0 heterocycles. The Morgan fingerprint density at radius 3 is 1.87 bits per heavy atom. The van der Waals surface area contributed by atoms with Gasteiger partial charge in [0.2, 0.25) is 0 Å². The van der Waals surface area contributed by atoms with Crippen LogP contribution in [0.2, 0.25) is 0 Å². The Balaban J connectivity index is 2.19. The van der Waals surface area contributed by atoms with Crippen LogP contribution in [0.1, 0.15) is 25.7 Å². The first-order chi connectivity index (χ1) is 7.42. The molecule has 0 aromatic carbocycles. The molecule has 0 N–H and O–H groups in total. The van der Waals surface area contributed by atoms with E-state index < -0.39 is 16.0 Å². The molecule has 0 atom stereocenters. The van der Waals surface area contributed by atoms with E-state index in [9.17, 15) is 4.79 Å². The number of hydrogen-bond acceptors (Lipinski definition) is 1. The third-order valence-corrected chi connectivity index (χ3v) is 6.74. The first kappa shape index (κ1) is 10.8. The van der Waals surface area contributed by atoms with Gasteiger partial charge in [-0.2, -0.15) is 0 Å². The molecule has 0 aromatic heterocycles.